The Morgan fingerprint density at radius 2 is 2.33 bits per heavy atom. The van der Waals surface area contributed by atoms with Gasteiger partial charge >= 0.3 is 5.69 Å². The smallest absolute Gasteiger partial charge is 0.311 e. The summed E-state index contributed by atoms with van der Waals surface area (Å²) in [5, 5.41) is 10.5. The van der Waals surface area contributed by atoms with Crippen LogP contribution in [0.15, 0.2) is 12.1 Å². The van der Waals surface area contributed by atoms with Gasteiger partial charge in [0.25, 0.3) is 0 Å². The van der Waals surface area contributed by atoms with Gasteiger partial charge in [0.1, 0.15) is 0 Å². The van der Waals surface area contributed by atoms with Gasteiger partial charge in [0.15, 0.2) is 0 Å². The highest BCUT2D eigenvalue weighted by Crippen LogP contribution is 2.22. The second kappa shape index (κ2) is 4.59. The van der Waals surface area contributed by atoms with Crippen molar-refractivity contribution in [3.63, 3.8) is 0 Å². The molecule has 2 N–H and O–H groups in total. The second-order valence-electron chi connectivity index (χ2n) is 3.15. The Balaban J connectivity index is 2.87. The van der Waals surface area contributed by atoms with E-state index in [1.165, 1.54) is 12.1 Å². The number of aromatic nitrogens is 1. The number of anilines is 1. The first-order valence-corrected chi connectivity index (χ1v) is 4.62. The van der Waals surface area contributed by atoms with Gasteiger partial charge in [-0.1, -0.05) is 6.92 Å². The zero-order valence-corrected chi connectivity index (χ0v) is 8.64. The molecule has 0 bridgehead atoms. The fraction of sp³-hybridized carbons (Fsp3) is 0.444. The van der Waals surface area contributed by atoms with Crippen molar-refractivity contribution in [2.45, 2.75) is 26.4 Å². The summed E-state index contributed by atoms with van der Waals surface area (Å²) >= 11 is 0. The Hall–Kier alpha value is -1.85. The van der Waals surface area contributed by atoms with Crippen LogP contribution >= 0.6 is 0 Å². The lowest BCUT2D eigenvalue weighted by atomic mass is 10.3. The number of nitrogens with two attached hydrogens (primary N) is 1. The average Bonchev–Trinajstić information content (AvgIpc) is 2.17. The van der Waals surface area contributed by atoms with E-state index in [1.807, 2.05) is 13.8 Å². The van der Waals surface area contributed by atoms with Gasteiger partial charge in [-0.05, 0) is 13.3 Å². The quantitative estimate of drug-likeness (QED) is 0.605. The van der Waals surface area contributed by atoms with Crippen molar-refractivity contribution >= 4 is 11.5 Å². The normalized spacial score (nSPS) is 12.1. The van der Waals surface area contributed by atoms with Crippen LogP contribution in [0.4, 0.5) is 11.5 Å². The zero-order valence-electron chi connectivity index (χ0n) is 8.64. The third-order valence-electron chi connectivity index (χ3n) is 1.97. The van der Waals surface area contributed by atoms with E-state index in [2.05, 4.69) is 4.98 Å². The molecular weight excluding hydrogens is 198 g/mol. The van der Waals surface area contributed by atoms with Crippen LogP contribution in [0.2, 0.25) is 0 Å². The molecule has 1 rings (SSSR count). The summed E-state index contributed by atoms with van der Waals surface area (Å²) in [6, 6.07) is 2.74. The number of rotatable bonds is 4. The molecule has 0 amide bonds. The number of hydrogen-bond acceptors (Lipinski definition) is 5. The van der Waals surface area contributed by atoms with Crippen molar-refractivity contribution in [2.24, 2.45) is 0 Å². The van der Waals surface area contributed by atoms with E-state index in [9.17, 15) is 10.1 Å². The van der Waals surface area contributed by atoms with Gasteiger partial charge in [-0.2, -0.15) is 4.98 Å². The van der Waals surface area contributed by atoms with E-state index in [1.54, 1.807) is 0 Å². The van der Waals surface area contributed by atoms with Gasteiger partial charge in [-0.25, -0.2) is 0 Å². The summed E-state index contributed by atoms with van der Waals surface area (Å²) < 4.78 is 5.37. The Bertz CT molecular complexity index is 368. The largest absolute Gasteiger partial charge is 0.475 e. The summed E-state index contributed by atoms with van der Waals surface area (Å²) in [6.45, 7) is 3.86. The monoisotopic (exact) mass is 211 g/mol. The van der Waals surface area contributed by atoms with Crippen LogP contribution in [0.1, 0.15) is 20.3 Å². The maximum Gasteiger partial charge on any atom is 0.311 e. The van der Waals surface area contributed by atoms with Crippen molar-refractivity contribution in [2.75, 3.05) is 5.73 Å². The molecule has 0 spiro atoms. The van der Waals surface area contributed by atoms with E-state index < -0.39 is 4.92 Å². The van der Waals surface area contributed by atoms with Crippen LogP contribution in [0, 0.1) is 10.1 Å². The molecule has 1 unspecified atom stereocenters. The molecule has 6 heteroatoms. The van der Waals surface area contributed by atoms with E-state index in [0.717, 1.165) is 6.42 Å². The average molecular weight is 211 g/mol. The minimum absolute atomic E-state index is 0.0124. The first kappa shape index (κ1) is 11.2. The molecule has 1 atom stereocenters. The summed E-state index contributed by atoms with van der Waals surface area (Å²) in [6.07, 6.45) is 0.844. The SMILES string of the molecule is CCC(C)Oc1ccc([N+](=O)[O-])c(N)n1. The molecule has 0 aliphatic heterocycles. The van der Waals surface area contributed by atoms with Gasteiger partial charge in [0, 0.05) is 12.1 Å². The number of hydrogen-bond donors (Lipinski definition) is 1. The summed E-state index contributed by atoms with van der Waals surface area (Å²) in [5.41, 5.74) is 5.20. The highest BCUT2D eigenvalue weighted by molar-refractivity contribution is 5.53. The number of pyridine rings is 1. The fourth-order valence-corrected chi connectivity index (χ4v) is 0.958. The molecule has 0 aromatic carbocycles. The first-order valence-electron chi connectivity index (χ1n) is 4.62. The van der Waals surface area contributed by atoms with Gasteiger partial charge in [-0.3, -0.25) is 10.1 Å². The molecule has 0 saturated carbocycles. The molecule has 1 heterocycles. The fourth-order valence-electron chi connectivity index (χ4n) is 0.958. The highest BCUT2D eigenvalue weighted by atomic mass is 16.6. The van der Waals surface area contributed by atoms with Crippen LogP contribution in [0.5, 0.6) is 5.88 Å². The highest BCUT2D eigenvalue weighted by Gasteiger charge is 2.13. The molecule has 0 fully saturated rings. The maximum atomic E-state index is 10.5. The first-order chi connectivity index (χ1) is 7.04. The van der Waals surface area contributed by atoms with E-state index in [4.69, 9.17) is 10.5 Å². The number of nitrogens with zero attached hydrogens (tertiary/aromatic N) is 2. The molecule has 0 saturated heterocycles. The Morgan fingerprint density at radius 3 is 2.80 bits per heavy atom. The predicted octanol–water partition coefficient (Wildman–Crippen LogP) is 1.75. The van der Waals surface area contributed by atoms with Crippen LogP contribution in [-0.4, -0.2) is 16.0 Å². The van der Waals surface area contributed by atoms with Crippen molar-refractivity contribution in [1.29, 1.82) is 0 Å². The van der Waals surface area contributed by atoms with E-state index in [-0.39, 0.29) is 17.6 Å². The van der Waals surface area contributed by atoms with Gasteiger partial charge in [0.05, 0.1) is 11.0 Å². The number of ether oxygens (including phenoxy) is 1. The van der Waals surface area contributed by atoms with Crippen molar-refractivity contribution in [1.82, 2.24) is 4.98 Å². The molecule has 6 nitrogen and oxygen atoms in total. The molecule has 82 valence electrons. The Kier molecular flexibility index (Phi) is 3.43. The Labute approximate surface area is 87.2 Å². The maximum absolute atomic E-state index is 10.5. The third kappa shape index (κ3) is 2.80. The third-order valence-corrected chi connectivity index (χ3v) is 1.97. The molecule has 0 aliphatic rings. The molecule has 1 aromatic heterocycles. The molecule has 1 aromatic rings. The predicted molar refractivity (Wildman–Crippen MR) is 55.7 cm³/mol. The van der Waals surface area contributed by atoms with Crippen molar-refractivity contribution in [3.05, 3.63) is 22.2 Å². The lowest BCUT2D eigenvalue weighted by molar-refractivity contribution is -0.384. The lowest BCUT2D eigenvalue weighted by Crippen LogP contribution is -2.11. The number of nitrogen functional groups attached to an aromatic ring is 1. The van der Waals surface area contributed by atoms with Gasteiger partial charge in [-0.15, -0.1) is 0 Å². The van der Waals surface area contributed by atoms with Crippen molar-refractivity contribution < 1.29 is 9.66 Å². The van der Waals surface area contributed by atoms with Gasteiger partial charge in [0.2, 0.25) is 11.7 Å². The number of nitro groups is 1. The minimum Gasteiger partial charge on any atom is -0.475 e. The molecule has 0 aliphatic carbocycles. The zero-order chi connectivity index (χ0) is 11.4. The second-order valence-corrected chi connectivity index (χ2v) is 3.15. The van der Waals surface area contributed by atoms with Crippen LogP contribution < -0.4 is 10.5 Å². The summed E-state index contributed by atoms with van der Waals surface area (Å²) in [4.78, 5) is 13.7. The molecular formula is C9H13N3O3. The topological polar surface area (TPSA) is 91.3 Å². The minimum atomic E-state index is -0.574. The summed E-state index contributed by atoms with van der Waals surface area (Å²) in [7, 11) is 0. The Morgan fingerprint density at radius 1 is 1.67 bits per heavy atom. The van der Waals surface area contributed by atoms with Crippen LogP contribution in [-0.2, 0) is 0 Å². The molecule has 15 heavy (non-hydrogen) atoms. The standard InChI is InChI=1S/C9H13N3O3/c1-3-6(2)15-8-5-4-7(12(13)14)9(10)11-8/h4-6H,3H2,1-2H3,(H2,10,11). The van der Waals surface area contributed by atoms with Crippen LogP contribution in [0.3, 0.4) is 0 Å². The summed E-state index contributed by atoms with van der Waals surface area (Å²) in [5.74, 6) is 0.188. The van der Waals surface area contributed by atoms with E-state index >= 15 is 0 Å². The van der Waals surface area contributed by atoms with Crippen molar-refractivity contribution in [3.8, 4) is 5.88 Å². The lowest BCUT2D eigenvalue weighted by Gasteiger charge is -2.11. The van der Waals surface area contributed by atoms with Gasteiger partial charge < -0.3 is 10.5 Å². The van der Waals surface area contributed by atoms with Crippen LogP contribution in [0.25, 0.3) is 0 Å². The van der Waals surface area contributed by atoms with E-state index in [0.29, 0.717) is 5.88 Å². The molecule has 0 radical (unpaired) electrons.